The molecular formula is C15H13Cl2F2N. The van der Waals surface area contributed by atoms with Crippen molar-refractivity contribution in [1.82, 2.24) is 0 Å². The summed E-state index contributed by atoms with van der Waals surface area (Å²) in [5.74, 6) is -0.911. The van der Waals surface area contributed by atoms with Crippen molar-refractivity contribution in [3.63, 3.8) is 0 Å². The summed E-state index contributed by atoms with van der Waals surface area (Å²) in [6, 6.07) is 8.97. The van der Waals surface area contributed by atoms with Crippen molar-refractivity contribution in [2.45, 2.75) is 18.9 Å². The molecule has 0 amide bonds. The van der Waals surface area contributed by atoms with E-state index in [-0.39, 0.29) is 16.1 Å². The van der Waals surface area contributed by atoms with Crippen LogP contribution in [0.4, 0.5) is 8.78 Å². The Labute approximate surface area is 126 Å². The minimum atomic E-state index is -0.468. The van der Waals surface area contributed by atoms with Crippen LogP contribution in [0.3, 0.4) is 0 Å². The molecule has 0 aliphatic carbocycles. The molecule has 1 unspecified atom stereocenters. The highest BCUT2D eigenvalue weighted by Crippen LogP contribution is 2.21. The van der Waals surface area contributed by atoms with Crippen molar-refractivity contribution in [1.29, 1.82) is 0 Å². The highest BCUT2D eigenvalue weighted by atomic mass is 35.5. The minimum Gasteiger partial charge on any atom is -0.327 e. The molecule has 1 nitrogen and oxygen atoms in total. The first-order valence-electron chi connectivity index (χ1n) is 6.09. The maximum Gasteiger partial charge on any atom is 0.145 e. The van der Waals surface area contributed by atoms with Crippen LogP contribution in [0, 0.1) is 11.6 Å². The van der Waals surface area contributed by atoms with Crippen LogP contribution in [0.2, 0.25) is 10.0 Å². The Bertz CT molecular complexity index is 617. The third-order valence-electron chi connectivity index (χ3n) is 3.00. The molecule has 2 rings (SSSR count). The molecule has 0 fully saturated rings. The first-order valence-corrected chi connectivity index (χ1v) is 6.85. The summed E-state index contributed by atoms with van der Waals surface area (Å²) in [7, 11) is 0. The molecule has 0 aromatic heterocycles. The molecule has 0 saturated carbocycles. The Hall–Kier alpha value is -1.16. The van der Waals surface area contributed by atoms with Gasteiger partial charge >= 0.3 is 0 Å². The normalized spacial score (nSPS) is 12.4. The van der Waals surface area contributed by atoms with E-state index < -0.39 is 11.6 Å². The lowest BCUT2D eigenvalue weighted by Crippen LogP contribution is -2.26. The summed E-state index contributed by atoms with van der Waals surface area (Å²) in [4.78, 5) is 0. The quantitative estimate of drug-likeness (QED) is 0.890. The van der Waals surface area contributed by atoms with Gasteiger partial charge in [-0.25, -0.2) is 8.78 Å². The Morgan fingerprint density at radius 2 is 1.75 bits per heavy atom. The Kier molecular flexibility index (Phi) is 4.97. The number of hydrogen-bond donors (Lipinski definition) is 1. The maximum atomic E-state index is 13.8. The number of halogens is 4. The highest BCUT2D eigenvalue weighted by molar-refractivity contribution is 6.31. The molecule has 0 aliphatic heterocycles. The predicted molar refractivity (Wildman–Crippen MR) is 78.2 cm³/mol. The van der Waals surface area contributed by atoms with E-state index in [4.69, 9.17) is 28.9 Å². The molecule has 0 radical (unpaired) electrons. The lowest BCUT2D eigenvalue weighted by molar-refractivity contribution is 0.583. The van der Waals surface area contributed by atoms with E-state index in [2.05, 4.69) is 0 Å². The fourth-order valence-corrected chi connectivity index (χ4v) is 2.43. The van der Waals surface area contributed by atoms with Gasteiger partial charge in [-0.1, -0.05) is 41.4 Å². The van der Waals surface area contributed by atoms with E-state index in [1.807, 2.05) is 0 Å². The number of benzene rings is 2. The smallest absolute Gasteiger partial charge is 0.145 e. The highest BCUT2D eigenvalue weighted by Gasteiger charge is 2.12. The largest absolute Gasteiger partial charge is 0.327 e. The molecule has 0 heterocycles. The monoisotopic (exact) mass is 315 g/mol. The Balaban J connectivity index is 2.07. The van der Waals surface area contributed by atoms with Crippen LogP contribution in [-0.2, 0) is 12.8 Å². The fourth-order valence-electron chi connectivity index (χ4n) is 2.03. The van der Waals surface area contributed by atoms with Gasteiger partial charge < -0.3 is 5.73 Å². The predicted octanol–water partition coefficient (Wildman–Crippen LogP) is 4.38. The van der Waals surface area contributed by atoms with Gasteiger partial charge in [-0.05, 0) is 42.2 Å². The summed E-state index contributed by atoms with van der Waals surface area (Å²) in [6.45, 7) is 0. The van der Waals surface area contributed by atoms with Crippen LogP contribution >= 0.6 is 23.2 Å². The molecule has 5 heteroatoms. The van der Waals surface area contributed by atoms with E-state index >= 15 is 0 Å². The summed E-state index contributed by atoms with van der Waals surface area (Å²) >= 11 is 11.4. The minimum absolute atomic E-state index is 0.0589. The van der Waals surface area contributed by atoms with Crippen LogP contribution in [0.1, 0.15) is 11.1 Å². The molecule has 2 N–H and O–H groups in total. The molecule has 20 heavy (non-hydrogen) atoms. The maximum absolute atomic E-state index is 13.8. The van der Waals surface area contributed by atoms with E-state index in [0.29, 0.717) is 18.4 Å². The van der Waals surface area contributed by atoms with Gasteiger partial charge in [0, 0.05) is 6.04 Å². The Morgan fingerprint density at radius 3 is 2.45 bits per heavy atom. The summed E-state index contributed by atoms with van der Waals surface area (Å²) in [5, 5.41) is 0.142. The van der Waals surface area contributed by atoms with Crippen molar-refractivity contribution in [3.05, 3.63) is 69.2 Å². The fraction of sp³-hybridized carbons (Fsp3) is 0.200. The van der Waals surface area contributed by atoms with E-state index in [0.717, 1.165) is 5.56 Å². The molecular weight excluding hydrogens is 303 g/mol. The van der Waals surface area contributed by atoms with Gasteiger partial charge in [0.15, 0.2) is 0 Å². The van der Waals surface area contributed by atoms with Gasteiger partial charge in [-0.15, -0.1) is 0 Å². The van der Waals surface area contributed by atoms with E-state index in [9.17, 15) is 8.78 Å². The van der Waals surface area contributed by atoms with E-state index in [1.54, 1.807) is 18.2 Å². The summed E-state index contributed by atoms with van der Waals surface area (Å²) in [5.41, 5.74) is 7.28. The molecule has 2 aromatic carbocycles. The Morgan fingerprint density at radius 1 is 1.00 bits per heavy atom. The zero-order valence-corrected chi connectivity index (χ0v) is 12.1. The van der Waals surface area contributed by atoms with Crippen LogP contribution in [0.5, 0.6) is 0 Å². The molecule has 0 bridgehead atoms. The van der Waals surface area contributed by atoms with Gasteiger partial charge in [-0.3, -0.25) is 0 Å². The molecule has 1 atom stereocenters. The van der Waals surface area contributed by atoms with Gasteiger partial charge in [0.25, 0.3) is 0 Å². The second-order valence-corrected chi connectivity index (χ2v) is 5.44. The molecule has 0 aliphatic rings. The third-order valence-corrected chi connectivity index (χ3v) is 3.58. The number of hydrogen-bond acceptors (Lipinski definition) is 1. The van der Waals surface area contributed by atoms with Gasteiger partial charge in [0.2, 0.25) is 0 Å². The van der Waals surface area contributed by atoms with Crippen molar-refractivity contribution in [2.75, 3.05) is 0 Å². The SMILES string of the molecule is NC(Cc1ccc(F)c(Cl)c1)Cc1cccc(Cl)c1F. The number of rotatable bonds is 4. The average molecular weight is 316 g/mol. The zero-order valence-electron chi connectivity index (χ0n) is 10.5. The zero-order chi connectivity index (χ0) is 14.7. The van der Waals surface area contributed by atoms with Crippen LogP contribution in [0.15, 0.2) is 36.4 Å². The molecule has 0 saturated heterocycles. The molecule has 106 valence electrons. The topological polar surface area (TPSA) is 26.0 Å². The second-order valence-electron chi connectivity index (χ2n) is 4.63. The van der Waals surface area contributed by atoms with Gasteiger partial charge in [0.1, 0.15) is 11.6 Å². The van der Waals surface area contributed by atoms with Crippen molar-refractivity contribution < 1.29 is 8.78 Å². The van der Waals surface area contributed by atoms with Crippen LogP contribution in [-0.4, -0.2) is 6.04 Å². The summed E-state index contributed by atoms with van der Waals surface area (Å²) < 4.78 is 26.8. The van der Waals surface area contributed by atoms with Crippen LogP contribution in [0.25, 0.3) is 0 Å². The second kappa shape index (κ2) is 6.53. The third kappa shape index (κ3) is 3.69. The van der Waals surface area contributed by atoms with Crippen molar-refractivity contribution >= 4 is 23.2 Å². The first kappa shape index (κ1) is 15.2. The van der Waals surface area contributed by atoms with Gasteiger partial charge in [0.05, 0.1) is 10.0 Å². The number of nitrogens with two attached hydrogens (primary N) is 1. The standard InChI is InChI=1S/C15H13Cl2F2N/c16-12-3-1-2-10(15(12)19)8-11(20)6-9-4-5-14(18)13(17)7-9/h1-5,7,11H,6,8,20H2. The van der Waals surface area contributed by atoms with E-state index in [1.165, 1.54) is 18.2 Å². The van der Waals surface area contributed by atoms with Gasteiger partial charge in [-0.2, -0.15) is 0 Å². The lowest BCUT2D eigenvalue weighted by Gasteiger charge is -2.13. The first-order chi connectivity index (χ1) is 9.47. The average Bonchev–Trinajstić information content (AvgIpc) is 2.39. The van der Waals surface area contributed by atoms with Crippen molar-refractivity contribution in [3.8, 4) is 0 Å². The summed E-state index contributed by atoms with van der Waals surface area (Å²) in [6.07, 6.45) is 0.827. The molecule has 2 aromatic rings. The van der Waals surface area contributed by atoms with Crippen molar-refractivity contribution in [2.24, 2.45) is 5.73 Å². The lowest BCUT2D eigenvalue weighted by atomic mass is 9.99. The van der Waals surface area contributed by atoms with Crippen LogP contribution < -0.4 is 5.73 Å². The molecule has 0 spiro atoms.